The molecule has 334 valence electrons. The molecule has 1 saturated heterocycles. The van der Waals surface area contributed by atoms with E-state index in [-0.39, 0.29) is 54.6 Å². The number of aromatic nitrogens is 1. The van der Waals surface area contributed by atoms with Crippen LogP contribution in [0.25, 0.3) is 0 Å². The predicted molar refractivity (Wildman–Crippen MR) is 222 cm³/mol. The van der Waals surface area contributed by atoms with E-state index in [9.17, 15) is 48.3 Å². The van der Waals surface area contributed by atoms with Crippen molar-refractivity contribution in [3.63, 3.8) is 0 Å². The van der Waals surface area contributed by atoms with Crippen LogP contribution in [0.4, 0.5) is 0 Å². The van der Waals surface area contributed by atoms with Crippen molar-refractivity contribution in [3.8, 4) is 0 Å². The van der Waals surface area contributed by atoms with Gasteiger partial charge in [0.1, 0.15) is 30.2 Å². The van der Waals surface area contributed by atoms with Crippen LogP contribution in [0.5, 0.6) is 0 Å². The maximum Gasteiger partial charge on any atom is 0.337 e. The number of carboxylic acids is 1. The van der Waals surface area contributed by atoms with E-state index in [1.54, 1.807) is 20.8 Å². The summed E-state index contributed by atoms with van der Waals surface area (Å²) in [6.45, 7) is 4.65. The summed E-state index contributed by atoms with van der Waals surface area (Å²) < 4.78 is 0. The van der Waals surface area contributed by atoms with Gasteiger partial charge in [0, 0.05) is 25.9 Å². The summed E-state index contributed by atoms with van der Waals surface area (Å²) in [6.07, 6.45) is 13.1. The van der Waals surface area contributed by atoms with Gasteiger partial charge in [0.15, 0.2) is 5.78 Å². The van der Waals surface area contributed by atoms with Crippen LogP contribution in [0.2, 0.25) is 0 Å². The Hall–Kier alpha value is -5.68. The molecule has 18 heteroatoms. The first-order valence-corrected chi connectivity index (χ1v) is 21.3. The first-order valence-electron chi connectivity index (χ1n) is 21.3. The van der Waals surface area contributed by atoms with Crippen LogP contribution in [0.3, 0.4) is 0 Å². The van der Waals surface area contributed by atoms with Crippen molar-refractivity contribution in [1.82, 2.24) is 36.5 Å². The molecule has 2 saturated carbocycles. The molecule has 0 unspecified atom stereocenters. The first kappa shape index (κ1) is 48.0. The number of hydrogen-bond donors (Lipinski definition) is 7. The quantitative estimate of drug-likeness (QED) is 0.103. The fraction of sp³-hybridized carbons (Fsp3) is 0.628. The molecule has 4 rings (SSSR count). The van der Waals surface area contributed by atoms with E-state index in [1.165, 1.54) is 31.5 Å². The Bertz CT molecular complexity index is 1830. The summed E-state index contributed by atoms with van der Waals surface area (Å²) in [6, 6.07) is -4.50. The van der Waals surface area contributed by atoms with Crippen molar-refractivity contribution in [3.05, 3.63) is 41.7 Å². The van der Waals surface area contributed by atoms with Crippen LogP contribution < -0.4 is 32.3 Å². The number of allylic oxidation sites excluding steroid dienone is 1. The Labute approximate surface area is 356 Å². The topological polar surface area (TPSA) is 276 Å². The van der Waals surface area contributed by atoms with Gasteiger partial charge < -0.3 is 42.3 Å². The molecule has 0 spiro atoms. The van der Waals surface area contributed by atoms with Gasteiger partial charge in [0.05, 0.1) is 18.5 Å². The number of rotatable bonds is 18. The SMILES string of the molecule is CNC(=O)/C=C/CC[C@H](NC(=O)Cc1cncc(C(=O)O)c1)C(=O)N[C@H](C(=O)N1CC(=O)C[C@H]1C(=O)N[C@H](C(=O)N[C@H](C(N)=O)C1CCCCC1)C1CCCCC1)C(C)(C)C. The van der Waals surface area contributed by atoms with E-state index in [1.807, 2.05) is 0 Å². The third-order valence-corrected chi connectivity index (χ3v) is 11.8. The third kappa shape index (κ3) is 13.9. The molecule has 0 bridgehead atoms. The molecule has 2 aliphatic carbocycles. The van der Waals surface area contributed by atoms with E-state index in [2.05, 4.69) is 31.6 Å². The molecule has 1 aliphatic heterocycles. The monoisotopic (exact) mass is 850 g/mol. The number of amides is 7. The molecule has 1 aromatic rings. The second-order valence-electron chi connectivity index (χ2n) is 17.5. The van der Waals surface area contributed by atoms with Gasteiger partial charge in [-0.3, -0.25) is 43.3 Å². The number of likely N-dealkylation sites (tertiary alicyclic amines) is 1. The zero-order valence-electron chi connectivity index (χ0n) is 35.6. The summed E-state index contributed by atoms with van der Waals surface area (Å²) in [7, 11) is 1.45. The Morgan fingerprint density at radius 2 is 1.49 bits per heavy atom. The van der Waals surface area contributed by atoms with Crippen molar-refractivity contribution in [2.75, 3.05) is 13.6 Å². The molecule has 8 N–H and O–H groups in total. The van der Waals surface area contributed by atoms with Crippen molar-refractivity contribution < 1.29 is 48.3 Å². The van der Waals surface area contributed by atoms with Crippen molar-refractivity contribution in [2.24, 2.45) is 23.0 Å². The lowest BCUT2D eigenvalue weighted by atomic mass is 9.81. The number of hydrogen-bond acceptors (Lipinski definition) is 10. The summed E-state index contributed by atoms with van der Waals surface area (Å²) in [4.78, 5) is 124. The number of nitrogens with two attached hydrogens (primary N) is 1. The maximum atomic E-state index is 14.5. The molecule has 7 amide bonds. The van der Waals surface area contributed by atoms with Gasteiger partial charge in [0.2, 0.25) is 41.4 Å². The highest BCUT2D eigenvalue weighted by Crippen LogP contribution is 2.30. The zero-order chi connectivity index (χ0) is 44.9. The summed E-state index contributed by atoms with van der Waals surface area (Å²) in [5, 5.41) is 22.9. The van der Waals surface area contributed by atoms with Gasteiger partial charge >= 0.3 is 5.97 Å². The van der Waals surface area contributed by atoms with Crippen LogP contribution in [-0.2, 0) is 44.8 Å². The van der Waals surface area contributed by atoms with Crippen molar-refractivity contribution in [2.45, 2.75) is 141 Å². The van der Waals surface area contributed by atoms with E-state index in [0.29, 0.717) is 12.8 Å². The number of carbonyl (C=O) groups is 9. The summed E-state index contributed by atoms with van der Waals surface area (Å²) >= 11 is 0. The number of nitrogens with zero attached hydrogens (tertiary/aromatic N) is 2. The number of likely N-dealkylation sites (N-methyl/N-ethyl adjacent to an activating group) is 1. The standard InChI is InChI=1S/C43H62N8O10/c1-43(2,3)36(50-38(56)30(17-11-12-18-32(53)45-4)47-33(54)20-25-19-28(42(60)61)23-46-22-25)41(59)51-24-29(52)21-31(51)39(57)49-35(27-15-9-6-10-16-27)40(58)48-34(37(44)55)26-13-7-5-8-14-26/h12,18-19,22-23,26-27,30-31,34-36H,5-11,13-17,20-21,24H2,1-4H3,(H2,44,55)(H,45,53)(H,47,54)(H,48,58)(H,49,57)(H,50,56)(H,60,61)/b18-12+/t30-,31-,34-,35-,36+/m0/s1. The number of Topliss-reactive ketones (excluding diaryl/α,β-unsaturated/α-hetero) is 1. The highest BCUT2D eigenvalue weighted by molar-refractivity contribution is 6.02. The zero-order valence-corrected chi connectivity index (χ0v) is 35.6. The fourth-order valence-electron chi connectivity index (χ4n) is 8.40. The third-order valence-electron chi connectivity index (χ3n) is 11.8. The Balaban J connectivity index is 1.54. The van der Waals surface area contributed by atoms with E-state index in [4.69, 9.17) is 5.73 Å². The van der Waals surface area contributed by atoms with Crippen LogP contribution >= 0.6 is 0 Å². The second kappa shape index (κ2) is 22.2. The van der Waals surface area contributed by atoms with Gasteiger partial charge in [-0.15, -0.1) is 0 Å². The molecule has 3 aliphatic rings. The molecule has 0 radical (unpaired) electrons. The van der Waals surface area contributed by atoms with Gasteiger partial charge in [0.25, 0.3) is 0 Å². The number of carbonyl (C=O) groups excluding carboxylic acids is 8. The molecular weight excluding hydrogens is 789 g/mol. The molecule has 61 heavy (non-hydrogen) atoms. The average Bonchev–Trinajstić information content (AvgIpc) is 3.63. The normalized spacial score (nSPS) is 19.6. The van der Waals surface area contributed by atoms with Gasteiger partial charge in [-0.25, -0.2) is 4.79 Å². The molecule has 18 nitrogen and oxygen atoms in total. The van der Waals surface area contributed by atoms with Crippen molar-refractivity contribution in [1.29, 1.82) is 0 Å². The summed E-state index contributed by atoms with van der Waals surface area (Å²) in [5.74, 6) is -6.41. The van der Waals surface area contributed by atoms with Gasteiger partial charge in [-0.2, -0.15) is 0 Å². The number of aromatic carboxylic acids is 1. The largest absolute Gasteiger partial charge is 0.478 e. The minimum Gasteiger partial charge on any atom is -0.478 e. The van der Waals surface area contributed by atoms with E-state index < -0.39 is 89.4 Å². The van der Waals surface area contributed by atoms with Gasteiger partial charge in [-0.05, 0) is 73.5 Å². The maximum absolute atomic E-state index is 14.5. The van der Waals surface area contributed by atoms with Crippen LogP contribution in [0, 0.1) is 17.3 Å². The van der Waals surface area contributed by atoms with Crippen molar-refractivity contribution >= 4 is 53.1 Å². The number of primary amides is 1. The lowest BCUT2D eigenvalue weighted by Gasteiger charge is -2.37. The average molecular weight is 851 g/mol. The highest BCUT2D eigenvalue weighted by atomic mass is 16.4. The lowest BCUT2D eigenvalue weighted by molar-refractivity contribution is -0.145. The number of carboxylic acid groups (broad SMARTS) is 1. The lowest BCUT2D eigenvalue weighted by Crippen LogP contribution is -2.62. The van der Waals surface area contributed by atoms with E-state index >= 15 is 0 Å². The smallest absolute Gasteiger partial charge is 0.337 e. The molecular formula is C43H62N8O10. The predicted octanol–water partition coefficient (Wildman–Crippen LogP) is 1.21. The van der Waals surface area contributed by atoms with Crippen LogP contribution in [0.15, 0.2) is 30.6 Å². The minimum absolute atomic E-state index is 0.00125. The van der Waals surface area contributed by atoms with E-state index in [0.717, 1.165) is 62.5 Å². The minimum atomic E-state index is -1.30. The molecule has 2 heterocycles. The molecule has 1 aromatic heterocycles. The number of pyridine rings is 1. The van der Waals surface area contributed by atoms with Crippen LogP contribution in [-0.4, -0.2) is 112 Å². The first-order chi connectivity index (χ1) is 28.9. The fourth-order valence-corrected chi connectivity index (χ4v) is 8.40. The number of nitrogens with one attached hydrogen (secondary N) is 5. The van der Waals surface area contributed by atoms with Crippen LogP contribution in [0.1, 0.15) is 120 Å². The van der Waals surface area contributed by atoms with Gasteiger partial charge in [-0.1, -0.05) is 65.4 Å². The molecule has 0 aromatic carbocycles. The Morgan fingerprint density at radius 1 is 0.869 bits per heavy atom. The molecule has 5 atom stereocenters. The highest BCUT2D eigenvalue weighted by Gasteiger charge is 2.46. The number of ketones is 1. The Morgan fingerprint density at radius 3 is 2.07 bits per heavy atom. The Kier molecular flexibility index (Phi) is 17.5. The summed E-state index contributed by atoms with van der Waals surface area (Å²) in [5.41, 5.74) is 4.95. The second-order valence-corrected chi connectivity index (χ2v) is 17.5. The molecule has 3 fully saturated rings.